The van der Waals surface area contributed by atoms with E-state index in [4.69, 9.17) is 9.47 Å². The van der Waals surface area contributed by atoms with Gasteiger partial charge in [-0.15, -0.1) is 0 Å². The fourth-order valence-corrected chi connectivity index (χ4v) is 2.19. The quantitative estimate of drug-likeness (QED) is 0.814. The molecule has 0 aromatic heterocycles. The van der Waals surface area contributed by atoms with Gasteiger partial charge in [0.05, 0.1) is 12.6 Å². The van der Waals surface area contributed by atoms with Crippen LogP contribution in [0.3, 0.4) is 0 Å². The molecule has 0 spiro atoms. The van der Waals surface area contributed by atoms with Gasteiger partial charge in [-0.3, -0.25) is 0 Å². The topological polar surface area (TPSA) is 47.6 Å². The monoisotopic (exact) mass is 219 g/mol. The number of rotatable bonds is 2. The van der Waals surface area contributed by atoms with E-state index in [0.29, 0.717) is 6.61 Å². The number of benzene rings is 1. The molecule has 0 saturated carbocycles. The summed E-state index contributed by atoms with van der Waals surface area (Å²) in [5.74, 6) is 0.996. The predicted octanol–water partition coefficient (Wildman–Crippen LogP) is 1.27. The summed E-state index contributed by atoms with van der Waals surface area (Å²) in [5, 5.41) is 2.78. The number of nitrogens with one attached hydrogen (secondary N) is 1. The molecule has 3 rings (SSSR count). The SMILES string of the molecule is O=C1NC(Cc2ccc3c(c2)CCO3)CO1. The third kappa shape index (κ3) is 1.71. The van der Waals surface area contributed by atoms with Gasteiger partial charge >= 0.3 is 6.09 Å². The van der Waals surface area contributed by atoms with Crippen molar-refractivity contribution in [3.8, 4) is 5.75 Å². The number of cyclic esters (lactones) is 1. The average Bonchev–Trinajstić information content (AvgIpc) is 2.87. The van der Waals surface area contributed by atoms with Gasteiger partial charge in [0.15, 0.2) is 0 Å². The molecule has 1 unspecified atom stereocenters. The third-order valence-electron chi connectivity index (χ3n) is 2.97. The fourth-order valence-electron chi connectivity index (χ4n) is 2.19. The second kappa shape index (κ2) is 3.70. The van der Waals surface area contributed by atoms with Crippen LogP contribution in [0.15, 0.2) is 18.2 Å². The van der Waals surface area contributed by atoms with Crippen LogP contribution in [0.25, 0.3) is 0 Å². The Balaban J connectivity index is 1.73. The molecule has 1 amide bonds. The zero-order valence-electron chi connectivity index (χ0n) is 8.86. The molecule has 2 heterocycles. The van der Waals surface area contributed by atoms with E-state index in [1.165, 1.54) is 11.1 Å². The van der Waals surface area contributed by atoms with Crippen molar-refractivity contribution in [2.24, 2.45) is 0 Å². The molecule has 4 nitrogen and oxygen atoms in total. The zero-order valence-corrected chi connectivity index (χ0v) is 8.86. The Bertz CT molecular complexity index is 430. The van der Waals surface area contributed by atoms with Crippen molar-refractivity contribution in [3.63, 3.8) is 0 Å². The van der Waals surface area contributed by atoms with Crippen molar-refractivity contribution >= 4 is 6.09 Å². The summed E-state index contributed by atoms with van der Waals surface area (Å²) < 4.78 is 10.3. The minimum Gasteiger partial charge on any atom is -0.493 e. The number of hydrogen-bond donors (Lipinski definition) is 1. The summed E-state index contributed by atoms with van der Waals surface area (Å²) in [5.41, 5.74) is 2.49. The standard InChI is InChI=1S/C12H13NO3/c14-12-13-10(7-16-12)6-8-1-2-11-9(5-8)3-4-15-11/h1-2,5,10H,3-4,6-7H2,(H,13,14). The lowest BCUT2D eigenvalue weighted by atomic mass is 10.0. The van der Waals surface area contributed by atoms with Crippen LogP contribution in [0.5, 0.6) is 5.75 Å². The molecule has 16 heavy (non-hydrogen) atoms. The van der Waals surface area contributed by atoms with Crippen molar-refractivity contribution < 1.29 is 14.3 Å². The highest BCUT2D eigenvalue weighted by Crippen LogP contribution is 2.26. The highest BCUT2D eigenvalue weighted by atomic mass is 16.6. The van der Waals surface area contributed by atoms with Crippen molar-refractivity contribution in [2.75, 3.05) is 13.2 Å². The van der Waals surface area contributed by atoms with Gasteiger partial charge < -0.3 is 14.8 Å². The number of carbonyl (C=O) groups is 1. The van der Waals surface area contributed by atoms with Gasteiger partial charge in [0.25, 0.3) is 0 Å². The molecule has 0 bridgehead atoms. The van der Waals surface area contributed by atoms with Crippen LogP contribution < -0.4 is 10.1 Å². The van der Waals surface area contributed by atoms with E-state index in [2.05, 4.69) is 17.4 Å². The molecule has 0 aliphatic carbocycles. The lowest BCUT2D eigenvalue weighted by Gasteiger charge is -2.08. The Kier molecular flexibility index (Phi) is 2.20. The smallest absolute Gasteiger partial charge is 0.407 e. The predicted molar refractivity (Wildman–Crippen MR) is 57.6 cm³/mol. The lowest BCUT2D eigenvalue weighted by molar-refractivity contribution is 0.177. The van der Waals surface area contributed by atoms with Crippen molar-refractivity contribution in [2.45, 2.75) is 18.9 Å². The Morgan fingerprint density at radius 3 is 3.12 bits per heavy atom. The summed E-state index contributed by atoms with van der Waals surface area (Å²) in [4.78, 5) is 10.9. The van der Waals surface area contributed by atoms with Gasteiger partial charge in [0.1, 0.15) is 12.4 Å². The molecule has 2 aliphatic heterocycles. The Labute approximate surface area is 93.5 Å². The lowest BCUT2D eigenvalue weighted by Crippen LogP contribution is -2.28. The summed E-state index contributed by atoms with van der Waals surface area (Å²) >= 11 is 0. The molecule has 2 aliphatic rings. The van der Waals surface area contributed by atoms with Gasteiger partial charge in [0, 0.05) is 6.42 Å². The van der Waals surface area contributed by atoms with Gasteiger partial charge in [0.2, 0.25) is 0 Å². The van der Waals surface area contributed by atoms with Crippen molar-refractivity contribution in [3.05, 3.63) is 29.3 Å². The molecule has 0 radical (unpaired) electrons. The van der Waals surface area contributed by atoms with Crippen LogP contribution in [0.4, 0.5) is 4.79 Å². The highest BCUT2D eigenvalue weighted by molar-refractivity contribution is 5.69. The number of alkyl carbamates (subject to hydrolysis) is 1. The molecule has 84 valence electrons. The zero-order chi connectivity index (χ0) is 11.0. The maximum Gasteiger partial charge on any atom is 0.407 e. The molecule has 1 fully saturated rings. The molecule has 1 N–H and O–H groups in total. The van der Waals surface area contributed by atoms with Gasteiger partial charge in [-0.2, -0.15) is 0 Å². The van der Waals surface area contributed by atoms with E-state index >= 15 is 0 Å². The number of amides is 1. The van der Waals surface area contributed by atoms with Crippen molar-refractivity contribution in [1.29, 1.82) is 0 Å². The fraction of sp³-hybridized carbons (Fsp3) is 0.417. The maximum absolute atomic E-state index is 10.9. The summed E-state index contributed by atoms with van der Waals surface area (Å²) in [6.07, 6.45) is 1.49. The Hall–Kier alpha value is -1.71. The molecule has 1 aromatic rings. The minimum absolute atomic E-state index is 0.105. The largest absolute Gasteiger partial charge is 0.493 e. The molecular formula is C12H13NO3. The van der Waals surface area contributed by atoms with E-state index < -0.39 is 0 Å². The number of ether oxygens (including phenoxy) is 2. The van der Waals surface area contributed by atoms with Crippen LogP contribution in [0.1, 0.15) is 11.1 Å². The third-order valence-corrected chi connectivity index (χ3v) is 2.97. The first-order valence-electron chi connectivity index (χ1n) is 5.49. The van der Waals surface area contributed by atoms with Crippen LogP contribution in [-0.2, 0) is 17.6 Å². The summed E-state index contributed by atoms with van der Waals surface area (Å²) in [6, 6.07) is 6.32. The number of hydrogen-bond acceptors (Lipinski definition) is 3. The molecular weight excluding hydrogens is 206 g/mol. The van der Waals surface area contributed by atoms with Gasteiger partial charge in [-0.05, 0) is 23.6 Å². The number of fused-ring (bicyclic) bond motifs is 1. The van der Waals surface area contributed by atoms with E-state index in [9.17, 15) is 4.79 Å². The van der Waals surface area contributed by atoms with Crippen LogP contribution in [-0.4, -0.2) is 25.3 Å². The second-order valence-electron chi connectivity index (χ2n) is 4.18. The Morgan fingerprint density at radius 2 is 2.31 bits per heavy atom. The summed E-state index contributed by atoms with van der Waals surface area (Å²) in [7, 11) is 0. The first-order valence-corrected chi connectivity index (χ1v) is 5.49. The first kappa shape index (κ1) is 9.51. The van der Waals surface area contributed by atoms with Gasteiger partial charge in [-0.25, -0.2) is 4.79 Å². The molecule has 1 aromatic carbocycles. The normalized spacial score (nSPS) is 22.2. The Morgan fingerprint density at radius 1 is 1.38 bits per heavy atom. The number of carbonyl (C=O) groups excluding carboxylic acids is 1. The van der Waals surface area contributed by atoms with E-state index in [0.717, 1.165) is 25.2 Å². The van der Waals surface area contributed by atoms with Crippen LogP contribution in [0, 0.1) is 0 Å². The molecule has 1 atom stereocenters. The van der Waals surface area contributed by atoms with E-state index in [1.54, 1.807) is 0 Å². The molecule has 4 heteroatoms. The maximum atomic E-state index is 10.9. The minimum atomic E-state index is -0.311. The highest BCUT2D eigenvalue weighted by Gasteiger charge is 2.22. The van der Waals surface area contributed by atoms with Crippen LogP contribution in [0.2, 0.25) is 0 Å². The van der Waals surface area contributed by atoms with Gasteiger partial charge in [-0.1, -0.05) is 12.1 Å². The molecule has 1 saturated heterocycles. The van der Waals surface area contributed by atoms with Crippen molar-refractivity contribution in [1.82, 2.24) is 5.32 Å². The van der Waals surface area contributed by atoms with E-state index in [-0.39, 0.29) is 12.1 Å². The van der Waals surface area contributed by atoms with E-state index in [1.807, 2.05) is 6.07 Å². The first-order chi connectivity index (χ1) is 7.81. The average molecular weight is 219 g/mol. The second-order valence-corrected chi connectivity index (χ2v) is 4.18. The van der Waals surface area contributed by atoms with Crippen LogP contribution >= 0.6 is 0 Å². The summed E-state index contributed by atoms with van der Waals surface area (Å²) in [6.45, 7) is 1.24.